The van der Waals surface area contributed by atoms with Crippen molar-refractivity contribution in [3.63, 3.8) is 0 Å². The monoisotopic (exact) mass is 420 g/mol. The fourth-order valence-corrected chi connectivity index (χ4v) is 4.60. The number of rotatable bonds is 7. The molecular formula is C19H20N2O7S. The number of carboxylic acids is 1. The summed E-state index contributed by atoms with van der Waals surface area (Å²) >= 11 is 1.27. The number of amides is 2. The molecule has 0 aliphatic carbocycles. The molecule has 3 atom stereocenters. The zero-order valence-electron chi connectivity index (χ0n) is 15.8. The van der Waals surface area contributed by atoms with E-state index in [0.29, 0.717) is 0 Å². The fourth-order valence-electron chi connectivity index (χ4n) is 3.24. The van der Waals surface area contributed by atoms with Crippen molar-refractivity contribution < 1.29 is 33.8 Å². The number of benzene rings is 1. The highest BCUT2D eigenvalue weighted by Crippen LogP contribution is 2.41. The summed E-state index contributed by atoms with van der Waals surface area (Å²) in [7, 11) is 1.28. The second kappa shape index (κ2) is 8.66. The summed E-state index contributed by atoms with van der Waals surface area (Å²) in [5.74, 6) is -2.65. The van der Waals surface area contributed by atoms with Crippen molar-refractivity contribution in [2.45, 2.75) is 31.1 Å². The lowest BCUT2D eigenvalue weighted by Crippen LogP contribution is -2.71. The number of methoxy groups -OCH3 is 1. The van der Waals surface area contributed by atoms with Gasteiger partial charge in [-0.2, -0.15) is 0 Å². The molecule has 1 fully saturated rings. The summed E-state index contributed by atoms with van der Waals surface area (Å²) in [6, 6.07) is 8.27. The number of ether oxygens (including phenoxy) is 2. The molecule has 1 aromatic rings. The van der Waals surface area contributed by atoms with E-state index in [1.54, 1.807) is 12.1 Å². The Kier molecular flexibility index (Phi) is 6.23. The first-order valence-corrected chi connectivity index (χ1v) is 9.82. The van der Waals surface area contributed by atoms with Crippen molar-refractivity contribution in [2.75, 3.05) is 12.9 Å². The molecule has 1 unspecified atom stereocenters. The van der Waals surface area contributed by atoms with E-state index in [0.717, 1.165) is 10.5 Å². The molecular weight excluding hydrogens is 400 g/mol. The predicted molar refractivity (Wildman–Crippen MR) is 102 cm³/mol. The van der Waals surface area contributed by atoms with Gasteiger partial charge >= 0.3 is 11.9 Å². The molecule has 0 aromatic heterocycles. The van der Waals surface area contributed by atoms with Gasteiger partial charge in [0, 0.05) is 25.4 Å². The Morgan fingerprint density at radius 1 is 1.31 bits per heavy atom. The summed E-state index contributed by atoms with van der Waals surface area (Å²) in [6.07, 6.45) is -1.08. The molecule has 154 valence electrons. The Hall–Kier alpha value is -2.85. The Bertz CT molecular complexity index is 871. The Labute approximate surface area is 171 Å². The topological polar surface area (TPSA) is 122 Å². The van der Waals surface area contributed by atoms with Crippen molar-refractivity contribution in [1.29, 1.82) is 0 Å². The normalized spacial score (nSPS) is 21.7. The van der Waals surface area contributed by atoms with Crippen molar-refractivity contribution in [1.82, 2.24) is 10.2 Å². The number of nitrogens with zero attached hydrogens (tertiary/aromatic N) is 1. The zero-order chi connectivity index (χ0) is 21.1. The van der Waals surface area contributed by atoms with Crippen LogP contribution in [0, 0.1) is 0 Å². The van der Waals surface area contributed by atoms with Gasteiger partial charge in [0.15, 0.2) is 0 Å². The quantitative estimate of drug-likeness (QED) is 0.372. The minimum atomic E-state index is -1.33. The minimum Gasteiger partial charge on any atom is -0.477 e. The molecule has 2 aliphatic heterocycles. The number of β-lactam (4-membered cyclic amide) rings is 1. The molecule has 2 amide bonds. The number of nitrogens with one attached hydrogen (secondary N) is 1. The summed E-state index contributed by atoms with van der Waals surface area (Å²) < 4.78 is 10.1. The highest BCUT2D eigenvalue weighted by atomic mass is 32.2. The van der Waals surface area contributed by atoms with E-state index in [9.17, 15) is 24.3 Å². The first kappa shape index (κ1) is 20.9. The van der Waals surface area contributed by atoms with E-state index >= 15 is 0 Å². The van der Waals surface area contributed by atoms with Crippen LogP contribution in [0.25, 0.3) is 0 Å². The lowest BCUT2D eigenvalue weighted by Gasteiger charge is -2.49. The first-order chi connectivity index (χ1) is 13.8. The van der Waals surface area contributed by atoms with E-state index in [1.807, 2.05) is 18.2 Å². The van der Waals surface area contributed by atoms with Crippen molar-refractivity contribution in [3.05, 3.63) is 47.2 Å². The minimum absolute atomic E-state index is 0.118. The number of fused-ring (bicyclic) bond motifs is 1. The Balaban J connectivity index is 1.75. The molecule has 0 radical (unpaired) electrons. The number of esters is 1. The van der Waals surface area contributed by atoms with E-state index in [4.69, 9.17) is 9.47 Å². The Morgan fingerprint density at radius 2 is 2.00 bits per heavy atom. The third-order valence-corrected chi connectivity index (χ3v) is 5.80. The van der Waals surface area contributed by atoms with Crippen LogP contribution in [0.4, 0.5) is 0 Å². The lowest BCUT2D eigenvalue weighted by molar-refractivity contribution is -0.165. The number of hydrogen-bond acceptors (Lipinski definition) is 7. The highest BCUT2D eigenvalue weighted by Gasteiger charge is 2.55. The van der Waals surface area contributed by atoms with Crippen LogP contribution in [0.3, 0.4) is 0 Å². The van der Waals surface area contributed by atoms with E-state index < -0.39 is 35.6 Å². The third-order valence-electron chi connectivity index (χ3n) is 4.50. The molecule has 0 saturated carbocycles. The van der Waals surface area contributed by atoms with E-state index in [1.165, 1.54) is 25.8 Å². The van der Waals surface area contributed by atoms with Gasteiger partial charge in [0.25, 0.3) is 5.91 Å². The van der Waals surface area contributed by atoms with Gasteiger partial charge in [-0.05, 0) is 5.56 Å². The molecule has 29 heavy (non-hydrogen) atoms. The van der Waals surface area contributed by atoms with Gasteiger partial charge in [-0.1, -0.05) is 30.3 Å². The lowest BCUT2D eigenvalue weighted by atomic mass is 10.0. The van der Waals surface area contributed by atoms with Gasteiger partial charge in [0.1, 0.15) is 17.1 Å². The van der Waals surface area contributed by atoms with Crippen LogP contribution in [0.5, 0.6) is 0 Å². The molecule has 0 bridgehead atoms. The maximum atomic E-state index is 12.6. The number of aliphatic carboxylic acids is 1. The summed E-state index contributed by atoms with van der Waals surface area (Å²) in [5, 5.41) is 11.8. The van der Waals surface area contributed by atoms with Gasteiger partial charge in [0.05, 0.1) is 6.42 Å². The van der Waals surface area contributed by atoms with Crippen LogP contribution in [-0.2, 0) is 35.1 Å². The number of carbonyl (C=O) groups is 4. The number of carbonyl (C=O) groups excluding carboxylic acids is 3. The largest absolute Gasteiger partial charge is 0.477 e. The van der Waals surface area contributed by atoms with Crippen molar-refractivity contribution in [3.8, 4) is 0 Å². The summed E-state index contributed by atoms with van der Waals surface area (Å²) in [6.45, 7) is 1.18. The number of thioether (sulfide) groups is 1. The van der Waals surface area contributed by atoms with Gasteiger partial charge in [-0.15, -0.1) is 11.8 Å². The molecule has 2 N–H and O–H groups in total. The maximum Gasteiger partial charge on any atom is 0.352 e. The molecule has 1 saturated heterocycles. The summed E-state index contributed by atoms with van der Waals surface area (Å²) in [5.41, 5.74) is 0.710. The molecule has 3 rings (SSSR count). The average Bonchev–Trinajstić information content (AvgIpc) is 2.69. The highest BCUT2D eigenvalue weighted by molar-refractivity contribution is 8.00. The van der Waals surface area contributed by atoms with Crippen LogP contribution in [-0.4, -0.2) is 64.3 Å². The standard InChI is InChI=1S/C19H20N2O7S/c1-10(22)28-19(27-2)12-9-29-17-14(16(24)21(17)15(12)18(25)26)20-13(23)8-11-6-4-3-5-7-11/h3-7,14,17,19H,8-9H2,1-2H3,(H,20,23)(H,25,26)/t14-,17-,19?/m1/s1. The predicted octanol–water partition coefficient (Wildman–Crippen LogP) is 0.503. The van der Waals surface area contributed by atoms with Crippen molar-refractivity contribution >= 4 is 35.5 Å². The third kappa shape index (κ3) is 4.28. The number of carboxylic acid groups (broad SMARTS) is 1. The SMILES string of the molecule is COC(OC(C)=O)C1=C(C(=O)O)N2C(=O)[C@@H](NC(=O)Cc3ccccc3)[C@H]2SC1. The van der Waals surface area contributed by atoms with Crippen LogP contribution in [0.1, 0.15) is 12.5 Å². The van der Waals surface area contributed by atoms with Gasteiger partial charge in [0.2, 0.25) is 12.2 Å². The molecule has 2 heterocycles. The van der Waals surface area contributed by atoms with Gasteiger partial charge < -0.3 is 19.9 Å². The molecule has 10 heteroatoms. The zero-order valence-corrected chi connectivity index (χ0v) is 16.6. The second-order valence-corrected chi connectivity index (χ2v) is 7.58. The first-order valence-electron chi connectivity index (χ1n) is 8.77. The fraction of sp³-hybridized carbons (Fsp3) is 0.368. The second-order valence-electron chi connectivity index (χ2n) is 6.47. The van der Waals surface area contributed by atoms with E-state index in [-0.39, 0.29) is 29.4 Å². The summed E-state index contributed by atoms with van der Waals surface area (Å²) in [4.78, 5) is 49.1. The average molecular weight is 420 g/mol. The van der Waals surface area contributed by atoms with Crippen LogP contribution < -0.4 is 5.32 Å². The molecule has 2 aliphatic rings. The Morgan fingerprint density at radius 3 is 2.59 bits per heavy atom. The van der Waals surface area contributed by atoms with Gasteiger partial charge in [-0.3, -0.25) is 19.3 Å². The van der Waals surface area contributed by atoms with E-state index in [2.05, 4.69) is 5.32 Å². The van der Waals surface area contributed by atoms with Gasteiger partial charge in [-0.25, -0.2) is 4.79 Å². The van der Waals surface area contributed by atoms with Crippen LogP contribution >= 0.6 is 11.8 Å². The van der Waals surface area contributed by atoms with Crippen LogP contribution in [0.2, 0.25) is 0 Å². The smallest absolute Gasteiger partial charge is 0.352 e. The molecule has 1 aromatic carbocycles. The number of hydrogen-bond donors (Lipinski definition) is 2. The molecule has 9 nitrogen and oxygen atoms in total. The van der Waals surface area contributed by atoms with Crippen molar-refractivity contribution in [2.24, 2.45) is 0 Å². The maximum absolute atomic E-state index is 12.6. The van der Waals surface area contributed by atoms with Crippen LogP contribution in [0.15, 0.2) is 41.6 Å². The molecule has 0 spiro atoms.